The molecule has 0 radical (unpaired) electrons. The zero-order chi connectivity index (χ0) is 10.3. The molecular formula is C11H11N3O. The molecule has 0 fully saturated rings. The molecule has 0 bridgehead atoms. The average Bonchev–Trinajstić information content (AvgIpc) is 2.82. The van der Waals surface area contributed by atoms with Crippen LogP contribution in [0.4, 0.5) is 5.69 Å². The Morgan fingerprint density at radius 1 is 1.40 bits per heavy atom. The Labute approximate surface area is 87.3 Å². The summed E-state index contributed by atoms with van der Waals surface area (Å²) in [6, 6.07) is 8.38. The van der Waals surface area contributed by atoms with Gasteiger partial charge >= 0.3 is 0 Å². The van der Waals surface area contributed by atoms with Gasteiger partial charge in [-0.25, -0.2) is 0 Å². The SMILES string of the molecule is Cc1noc(C2Cc3ccccc3N2)n1. The Balaban J connectivity index is 1.90. The average molecular weight is 201 g/mol. The molecule has 15 heavy (non-hydrogen) atoms. The van der Waals surface area contributed by atoms with Gasteiger partial charge in [0.1, 0.15) is 6.04 Å². The van der Waals surface area contributed by atoms with Crippen LogP contribution in [0, 0.1) is 6.92 Å². The molecule has 1 N–H and O–H groups in total. The smallest absolute Gasteiger partial charge is 0.249 e. The van der Waals surface area contributed by atoms with Crippen LogP contribution in [0.15, 0.2) is 28.8 Å². The van der Waals surface area contributed by atoms with E-state index in [4.69, 9.17) is 4.52 Å². The van der Waals surface area contributed by atoms with Crippen molar-refractivity contribution in [1.29, 1.82) is 0 Å². The first-order valence-corrected chi connectivity index (χ1v) is 4.97. The fourth-order valence-corrected chi connectivity index (χ4v) is 1.90. The van der Waals surface area contributed by atoms with Gasteiger partial charge in [-0.2, -0.15) is 4.98 Å². The molecule has 0 spiro atoms. The van der Waals surface area contributed by atoms with Crippen molar-refractivity contribution in [3.63, 3.8) is 0 Å². The first-order valence-electron chi connectivity index (χ1n) is 4.97. The van der Waals surface area contributed by atoms with Crippen molar-refractivity contribution in [2.75, 3.05) is 5.32 Å². The van der Waals surface area contributed by atoms with Crippen molar-refractivity contribution in [3.05, 3.63) is 41.5 Å². The van der Waals surface area contributed by atoms with E-state index in [0.29, 0.717) is 11.7 Å². The maximum absolute atomic E-state index is 5.16. The fourth-order valence-electron chi connectivity index (χ4n) is 1.90. The minimum Gasteiger partial charge on any atom is -0.373 e. The number of rotatable bonds is 1. The normalized spacial score (nSPS) is 18.6. The number of fused-ring (bicyclic) bond motifs is 1. The van der Waals surface area contributed by atoms with Gasteiger partial charge in [-0.3, -0.25) is 0 Å². The fraction of sp³-hybridized carbons (Fsp3) is 0.273. The van der Waals surface area contributed by atoms with Crippen molar-refractivity contribution in [2.45, 2.75) is 19.4 Å². The van der Waals surface area contributed by atoms with Crippen LogP contribution < -0.4 is 5.32 Å². The van der Waals surface area contributed by atoms with E-state index in [1.54, 1.807) is 0 Å². The summed E-state index contributed by atoms with van der Waals surface area (Å²) < 4.78 is 5.16. The molecular weight excluding hydrogens is 190 g/mol. The Bertz CT molecular complexity index is 467. The second kappa shape index (κ2) is 3.08. The third kappa shape index (κ3) is 1.38. The van der Waals surface area contributed by atoms with Gasteiger partial charge in [-0.15, -0.1) is 0 Å². The number of benzene rings is 1. The number of aromatic nitrogens is 2. The first kappa shape index (κ1) is 8.47. The molecule has 0 saturated carbocycles. The quantitative estimate of drug-likeness (QED) is 0.767. The summed E-state index contributed by atoms with van der Waals surface area (Å²) in [6.45, 7) is 1.83. The molecule has 4 nitrogen and oxygen atoms in total. The number of hydrogen-bond donors (Lipinski definition) is 1. The molecule has 0 saturated heterocycles. The van der Waals surface area contributed by atoms with Crippen molar-refractivity contribution >= 4 is 5.69 Å². The van der Waals surface area contributed by atoms with Gasteiger partial charge in [-0.1, -0.05) is 23.4 Å². The van der Waals surface area contributed by atoms with Crippen LogP contribution in [0.25, 0.3) is 0 Å². The van der Waals surface area contributed by atoms with E-state index in [9.17, 15) is 0 Å². The van der Waals surface area contributed by atoms with Gasteiger partial charge < -0.3 is 9.84 Å². The van der Waals surface area contributed by atoms with Crippen LogP contribution in [0.3, 0.4) is 0 Å². The van der Waals surface area contributed by atoms with E-state index in [0.717, 1.165) is 6.42 Å². The van der Waals surface area contributed by atoms with Crippen LogP contribution in [0.2, 0.25) is 0 Å². The Morgan fingerprint density at radius 2 is 2.27 bits per heavy atom. The Hall–Kier alpha value is -1.84. The highest BCUT2D eigenvalue weighted by Crippen LogP contribution is 2.32. The number of anilines is 1. The lowest BCUT2D eigenvalue weighted by atomic mass is 10.1. The van der Waals surface area contributed by atoms with Crippen LogP contribution in [0.1, 0.15) is 23.3 Å². The highest BCUT2D eigenvalue weighted by atomic mass is 16.5. The largest absolute Gasteiger partial charge is 0.373 e. The summed E-state index contributed by atoms with van der Waals surface area (Å²) in [7, 11) is 0. The minimum atomic E-state index is 0.128. The molecule has 1 aliphatic rings. The lowest BCUT2D eigenvalue weighted by Gasteiger charge is -2.04. The molecule has 2 heterocycles. The molecule has 76 valence electrons. The molecule has 1 unspecified atom stereocenters. The maximum Gasteiger partial charge on any atom is 0.249 e. The summed E-state index contributed by atoms with van der Waals surface area (Å²) in [5.74, 6) is 1.35. The van der Waals surface area contributed by atoms with Gasteiger partial charge in [0.25, 0.3) is 0 Å². The number of hydrogen-bond acceptors (Lipinski definition) is 4. The molecule has 3 rings (SSSR count). The number of nitrogens with one attached hydrogen (secondary N) is 1. The minimum absolute atomic E-state index is 0.128. The summed E-state index contributed by atoms with van der Waals surface area (Å²) in [4.78, 5) is 4.24. The lowest BCUT2D eigenvalue weighted by Crippen LogP contribution is -2.05. The van der Waals surface area contributed by atoms with Crippen LogP contribution in [-0.2, 0) is 6.42 Å². The topological polar surface area (TPSA) is 51.0 Å². The number of aryl methyl sites for hydroxylation is 1. The van der Waals surface area contributed by atoms with E-state index >= 15 is 0 Å². The zero-order valence-electron chi connectivity index (χ0n) is 8.40. The summed E-state index contributed by atoms with van der Waals surface area (Å²) in [5, 5.41) is 7.17. The van der Waals surface area contributed by atoms with E-state index in [-0.39, 0.29) is 6.04 Å². The van der Waals surface area contributed by atoms with Gasteiger partial charge in [0.05, 0.1) is 0 Å². The predicted octanol–water partition coefficient (Wildman–Crippen LogP) is 2.09. The van der Waals surface area contributed by atoms with Crippen molar-refractivity contribution in [2.24, 2.45) is 0 Å². The molecule has 1 atom stereocenters. The van der Waals surface area contributed by atoms with E-state index < -0.39 is 0 Å². The van der Waals surface area contributed by atoms with E-state index in [1.165, 1.54) is 11.3 Å². The van der Waals surface area contributed by atoms with Gasteiger partial charge in [0, 0.05) is 12.1 Å². The number of nitrogens with zero attached hydrogens (tertiary/aromatic N) is 2. The van der Waals surface area contributed by atoms with Crippen molar-refractivity contribution in [1.82, 2.24) is 10.1 Å². The third-order valence-electron chi connectivity index (χ3n) is 2.61. The maximum atomic E-state index is 5.16. The second-order valence-corrected chi connectivity index (χ2v) is 3.74. The van der Waals surface area contributed by atoms with Gasteiger partial charge in [0.15, 0.2) is 5.82 Å². The highest BCUT2D eigenvalue weighted by molar-refractivity contribution is 5.56. The second-order valence-electron chi connectivity index (χ2n) is 3.74. The van der Waals surface area contributed by atoms with Gasteiger partial charge in [0.2, 0.25) is 5.89 Å². The lowest BCUT2D eigenvalue weighted by molar-refractivity contribution is 0.361. The van der Waals surface area contributed by atoms with E-state index in [2.05, 4.69) is 27.6 Å². The van der Waals surface area contributed by atoms with Crippen LogP contribution in [0.5, 0.6) is 0 Å². The molecule has 1 aromatic heterocycles. The molecule has 1 aromatic carbocycles. The van der Waals surface area contributed by atoms with E-state index in [1.807, 2.05) is 19.1 Å². The van der Waals surface area contributed by atoms with Crippen LogP contribution >= 0.6 is 0 Å². The summed E-state index contributed by atoms with van der Waals surface area (Å²) >= 11 is 0. The first-order chi connectivity index (χ1) is 7.33. The zero-order valence-corrected chi connectivity index (χ0v) is 8.40. The highest BCUT2D eigenvalue weighted by Gasteiger charge is 2.25. The van der Waals surface area contributed by atoms with Gasteiger partial charge in [-0.05, 0) is 18.6 Å². The van der Waals surface area contributed by atoms with Crippen molar-refractivity contribution in [3.8, 4) is 0 Å². The molecule has 0 amide bonds. The molecule has 4 heteroatoms. The predicted molar refractivity (Wildman–Crippen MR) is 55.5 cm³/mol. The Kier molecular flexibility index (Phi) is 1.74. The van der Waals surface area contributed by atoms with Crippen molar-refractivity contribution < 1.29 is 4.52 Å². The van der Waals surface area contributed by atoms with Crippen LogP contribution in [-0.4, -0.2) is 10.1 Å². The molecule has 2 aromatic rings. The Morgan fingerprint density at radius 3 is 3.00 bits per heavy atom. The number of para-hydroxylation sites is 1. The molecule has 0 aliphatic carbocycles. The standard InChI is InChI=1S/C11H11N3O/c1-7-12-11(15-14-7)10-6-8-4-2-3-5-9(8)13-10/h2-5,10,13H,6H2,1H3. The third-order valence-corrected chi connectivity index (χ3v) is 2.61. The summed E-state index contributed by atoms with van der Waals surface area (Å²) in [5.41, 5.74) is 2.47. The summed E-state index contributed by atoms with van der Waals surface area (Å²) in [6.07, 6.45) is 0.914. The monoisotopic (exact) mass is 201 g/mol. The molecule has 1 aliphatic heterocycles.